The maximum atomic E-state index is 5.92. The molecule has 0 aromatic rings. The summed E-state index contributed by atoms with van der Waals surface area (Å²) in [7, 11) is 1.69. The van der Waals surface area contributed by atoms with E-state index in [0.717, 1.165) is 25.9 Å². The normalized spacial score (nSPS) is 13.0. The van der Waals surface area contributed by atoms with Crippen LogP contribution in [0.5, 0.6) is 0 Å². The minimum atomic E-state index is 0.407. The molecule has 1 atom stereocenters. The van der Waals surface area contributed by atoms with Gasteiger partial charge in [0, 0.05) is 19.8 Å². The van der Waals surface area contributed by atoms with Gasteiger partial charge in [0.25, 0.3) is 0 Å². The van der Waals surface area contributed by atoms with E-state index in [4.69, 9.17) is 15.2 Å². The van der Waals surface area contributed by atoms with E-state index in [-0.39, 0.29) is 0 Å². The molecule has 0 aliphatic carbocycles. The van der Waals surface area contributed by atoms with Crippen molar-refractivity contribution in [3.05, 3.63) is 0 Å². The minimum Gasteiger partial charge on any atom is -0.382 e. The van der Waals surface area contributed by atoms with Crippen molar-refractivity contribution in [2.24, 2.45) is 5.73 Å². The maximum absolute atomic E-state index is 5.92. The molecular formula is C12H27NO2. The number of hydrogen-bond donors (Lipinski definition) is 1. The predicted octanol–water partition coefficient (Wildman–Crippen LogP) is 2.34. The van der Waals surface area contributed by atoms with E-state index < -0.39 is 0 Å². The first-order valence-corrected chi connectivity index (χ1v) is 6.13. The van der Waals surface area contributed by atoms with Crippen LogP contribution in [0.4, 0.5) is 0 Å². The van der Waals surface area contributed by atoms with Crippen LogP contribution in [0, 0.1) is 0 Å². The zero-order valence-electron chi connectivity index (χ0n) is 10.3. The van der Waals surface area contributed by atoms with E-state index in [1.807, 2.05) is 0 Å². The minimum absolute atomic E-state index is 0.407. The van der Waals surface area contributed by atoms with Crippen LogP contribution >= 0.6 is 0 Å². The van der Waals surface area contributed by atoms with Gasteiger partial charge in [-0.25, -0.2) is 0 Å². The number of hydrogen-bond acceptors (Lipinski definition) is 3. The van der Waals surface area contributed by atoms with Crippen LogP contribution in [0.15, 0.2) is 0 Å². The first-order valence-electron chi connectivity index (χ1n) is 6.13. The van der Waals surface area contributed by atoms with E-state index in [9.17, 15) is 0 Å². The fourth-order valence-corrected chi connectivity index (χ4v) is 1.55. The van der Waals surface area contributed by atoms with Crippen molar-refractivity contribution in [3.63, 3.8) is 0 Å². The Morgan fingerprint density at radius 2 is 1.80 bits per heavy atom. The van der Waals surface area contributed by atoms with Gasteiger partial charge in [-0.05, 0) is 19.3 Å². The molecule has 0 spiro atoms. The zero-order chi connectivity index (χ0) is 11.4. The quantitative estimate of drug-likeness (QED) is 0.540. The van der Waals surface area contributed by atoms with Crippen molar-refractivity contribution < 1.29 is 9.47 Å². The van der Waals surface area contributed by atoms with Crippen molar-refractivity contribution in [1.82, 2.24) is 0 Å². The summed E-state index contributed by atoms with van der Waals surface area (Å²) in [6, 6.07) is 0.407. The molecule has 0 heterocycles. The second kappa shape index (κ2) is 12.0. The number of unbranched alkanes of at least 4 members (excludes halogenated alkanes) is 2. The molecule has 0 fully saturated rings. The second-order valence-corrected chi connectivity index (χ2v) is 4.00. The van der Waals surface area contributed by atoms with Crippen LogP contribution in [0.2, 0.25) is 0 Å². The average Bonchev–Trinajstić information content (AvgIpc) is 2.22. The van der Waals surface area contributed by atoms with Gasteiger partial charge < -0.3 is 15.2 Å². The topological polar surface area (TPSA) is 44.5 Å². The van der Waals surface area contributed by atoms with Crippen LogP contribution in [-0.2, 0) is 9.47 Å². The number of methoxy groups -OCH3 is 1. The third-order valence-corrected chi connectivity index (χ3v) is 2.45. The molecule has 0 saturated heterocycles. The smallest absolute Gasteiger partial charge is 0.0700 e. The van der Waals surface area contributed by atoms with Gasteiger partial charge in [0.05, 0.1) is 13.2 Å². The largest absolute Gasteiger partial charge is 0.382 e. The van der Waals surface area contributed by atoms with Crippen molar-refractivity contribution >= 4 is 0 Å². The highest BCUT2D eigenvalue weighted by Gasteiger charge is 1.99. The molecule has 0 radical (unpaired) electrons. The summed E-state index contributed by atoms with van der Waals surface area (Å²) in [4.78, 5) is 0. The summed E-state index contributed by atoms with van der Waals surface area (Å²) in [5.74, 6) is 0. The molecule has 0 rings (SSSR count). The SMILES string of the molecule is CCCC(N)CCCCCOCCOC. The monoisotopic (exact) mass is 217 g/mol. The molecule has 15 heavy (non-hydrogen) atoms. The van der Waals surface area contributed by atoms with Gasteiger partial charge in [-0.2, -0.15) is 0 Å². The molecule has 0 amide bonds. The highest BCUT2D eigenvalue weighted by molar-refractivity contribution is 4.59. The fourth-order valence-electron chi connectivity index (χ4n) is 1.55. The molecule has 1 unspecified atom stereocenters. The Bertz CT molecular complexity index is 120. The maximum Gasteiger partial charge on any atom is 0.0700 e. The third kappa shape index (κ3) is 11.8. The Morgan fingerprint density at radius 3 is 2.47 bits per heavy atom. The lowest BCUT2D eigenvalue weighted by atomic mass is 10.1. The van der Waals surface area contributed by atoms with Gasteiger partial charge in [0.15, 0.2) is 0 Å². The molecule has 0 aromatic carbocycles. The lowest BCUT2D eigenvalue weighted by molar-refractivity contribution is 0.0685. The number of nitrogens with two attached hydrogens (primary N) is 1. The number of rotatable bonds is 11. The summed E-state index contributed by atoms with van der Waals surface area (Å²) < 4.78 is 10.3. The highest BCUT2D eigenvalue weighted by Crippen LogP contribution is 2.06. The van der Waals surface area contributed by atoms with Crippen LogP contribution in [0.1, 0.15) is 45.4 Å². The Kier molecular flexibility index (Phi) is 11.9. The van der Waals surface area contributed by atoms with Crippen LogP contribution in [0.3, 0.4) is 0 Å². The first-order chi connectivity index (χ1) is 7.31. The van der Waals surface area contributed by atoms with E-state index in [0.29, 0.717) is 19.3 Å². The zero-order valence-corrected chi connectivity index (χ0v) is 10.3. The van der Waals surface area contributed by atoms with Crippen molar-refractivity contribution in [3.8, 4) is 0 Å². The van der Waals surface area contributed by atoms with Gasteiger partial charge in [0.1, 0.15) is 0 Å². The Morgan fingerprint density at radius 1 is 1.00 bits per heavy atom. The molecule has 0 bridgehead atoms. The summed E-state index contributed by atoms with van der Waals surface area (Å²) in [5, 5.41) is 0. The van der Waals surface area contributed by atoms with Gasteiger partial charge in [0.2, 0.25) is 0 Å². The van der Waals surface area contributed by atoms with Gasteiger partial charge in [-0.1, -0.05) is 26.2 Å². The fraction of sp³-hybridized carbons (Fsp3) is 1.00. The van der Waals surface area contributed by atoms with Gasteiger partial charge >= 0.3 is 0 Å². The standard InChI is InChI=1S/C12H27NO2/c1-3-7-12(13)8-5-4-6-9-15-11-10-14-2/h12H,3-11,13H2,1-2H3. The Balaban J connectivity index is 2.98. The molecular weight excluding hydrogens is 190 g/mol. The summed E-state index contributed by atoms with van der Waals surface area (Å²) >= 11 is 0. The number of ether oxygens (including phenoxy) is 2. The van der Waals surface area contributed by atoms with E-state index in [2.05, 4.69) is 6.92 Å². The van der Waals surface area contributed by atoms with Crippen LogP contribution in [-0.4, -0.2) is 33.0 Å². The lowest BCUT2D eigenvalue weighted by Gasteiger charge is -2.09. The summed E-state index contributed by atoms with van der Waals surface area (Å²) in [6.45, 7) is 4.45. The van der Waals surface area contributed by atoms with Gasteiger partial charge in [-0.3, -0.25) is 0 Å². The van der Waals surface area contributed by atoms with E-state index in [1.54, 1.807) is 7.11 Å². The molecule has 92 valence electrons. The molecule has 0 saturated carbocycles. The van der Waals surface area contributed by atoms with Crippen molar-refractivity contribution in [2.45, 2.75) is 51.5 Å². The van der Waals surface area contributed by atoms with Crippen molar-refractivity contribution in [1.29, 1.82) is 0 Å². The average molecular weight is 217 g/mol. The first kappa shape index (κ1) is 14.9. The van der Waals surface area contributed by atoms with E-state index in [1.165, 1.54) is 19.3 Å². The van der Waals surface area contributed by atoms with E-state index >= 15 is 0 Å². The second-order valence-electron chi connectivity index (χ2n) is 4.00. The summed E-state index contributed by atoms with van der Waals surface area (Å²) in [5.41, 5.74) is 5.92. The highest BCUT2D eigenvalue weighted by atomic mass is 16.5. The third-order valence-electron chi connectivity index (χ3n) is 2.45. The molecule has 2 N–H and O–H groups in total. The molecule has 3 nitrogen and oxygen atoms in total. The molecule has 0 aliphatic rings. The predicted molar refractivity (Wildman–Crippen MR) is 64.0 cm³/mol. The van der Waals surface area contributed by atoms with Crippen LogP contribution < -0.4 is 5.73 Å². The molecule has 3 heteroatoms. The molecule has 0 aromatic heterocycles. The Labute approximate surface area is 94.3 Å². The summed E-state index contributed by atoms with van der Waals surface area (Å²) in [6.07, 6.45) is 7.11. The van der Waals surface area contributed by atoms with Gasteiger partial charge in [-0.15, -0.1) is 0 Å². The Hall–Kier alpha value is -0.120. The van der Waals surface area contributed by atoms with Crippen LogP contribution in [0.25, 0.3) is 0 Å². The molecule has 0 aliphatic heterocycles. The van der Waals surface area contributed by atoms with Crippen molar-refractivity contribution in [2.75, 3.05) is 26.9 Å². The lowest BCUT2D eigenvalue weighted by Crippen LogP contribution is -2.19.